The van der Waals surface area contributed by atoms with Gasteiger partial charge in [0.1, 0.15) is 11.5 Å². The first-order chi connectivity index (χ1) is 17.7. The van der Waals surface area contributed by atoms with Gasteiger partial charge in [-0.2, -0.15) is 0 Å². The van der Waals surface area contributed by atoms with E-state index in [1.807, 2.05) is 51.1 Å². The monoisotopic (exact) mass is 499 g/mol. The minimum absolute atomic E-state index is 0.00350. The summed E-state index contributed by atoms with van der Waals surface area (Å²) in [7, 11) is 2.88. The third kappa shape index (κ3) is 4.60. The molecule has 1 unspecified atom stereocenters. The van der Waals surface area contributed by atoms with E-state index in [-0.39, 0.29) is 17.3 Å². The van der Waals surface area contributed by atoms with Gasteiger partial charge in [-0.25, -0.2) is 4.79 Å². The van der Waals surface area contributed by atoms with Gasteiger partial charge in [-0.15, -0.1) is 0 Å². The molecule has 190 valence electrons. The van der Waals surface area contributed by atoms with E-state index in [2.05, 4.69) is 0 Å². The Labute approximate surface area is 215 Å². The molecule has 0 aliphatic carbocycles. The van der Waals surface area contributed by atoms with E-state index in [1.165, 1.54) is 24.1 Å². The number of nitrogens with zero attached hydrogens (tertiary/aromatic N) is 1. The molecule has 1 fully saturated rings. The van der Waals surface area contributed by atoms with Crippen LogP contribution < -0.4 is 9.64 Å². The van der Waals surface area contributed by atoms with Crippen molar-refractivity contribution < 1.29 is 29.0 Å². The van der Waals surface area contributed by atoms with Crippen LogP contribution >= 0.6 is 0 Å². The Bertz CT molecular complexity index is 1390. The summed E-state index contributed by atoms with van der Waals surface area (Å²) in [6, 6.07) is 18.1. The van der Waals surface area contributed by atoms with Gasteiger partial charge in [-0.1, -0.05) is 44.2 Å². The fourth-order valence-electron chi connectivity index (χ4n) is 4.65. The number of carbonyl (C=O) groups is 3. The van der Waals surface area contributed by atoms with E-state index < -0.39 is 23.7 Å². The fraction of sp³-hybridized carbons (Fsp3) is 0.233. The molecular formula is C30H29NO6. The van der Waals surface area contributed by atoms with E-state index in [4.69, 9.17) is 9.47 Å². The van der Waals surface area contributed by atoms with Crippen molar-refractivity contribution >= 4 is 29.1 Å². The van der Waals surface area contributed by atoms with Crippen LogP contribution in [0.3, 0.4) is 0 Å². The minimum Gasteiger partial charge on any atom is -0.507 e. The van der Waals surface area contributed by atoms with E-state index in [9.17, 15) is 19.5 Å². The van der Waals surface area contributed by atoms with E-state index in [0.29, 0.717) is 33.7 Å². The number of ketones is 1. The van der Waals surface area contributed by atoms with Crippen molar-refractivity contribution in [3.8, 4) is 5.75 Å². The smallest absolute Gasteiger partial charge is 0.337 e. The largest absolute Gasteiger partial charge is 0.507 e. The lowest BCUT2D eigenvalue weighted by Crippen LogP contribution is -2.29. The summed E-state index contributed by atoms with van der Waals surface area (Å²) in [6.07, 6.45) is 0. The summed E-state index contributed by atoms with van der Waals surface area (Å²) in [4.78, 5) is 40.1. The summed E-state index contributed by atoms with van der Waals surface area (Å²) in [5, 5.41) is 11.6. The maximum Gasteiger partial charge on any atom is 0.337 e. The first-order valence-electron chi connectivity index (χ1n) is 11.9. The highest BCUT2D eigenvalue weighted by Gasteiger charge is 2.47. The highest BCUT2D eigenvalue weighted by Crippen LogP contribution is 2.43. The number of Topliss-reactive ketones (excluding diaryl/α,β-unsaturated/α-hetero) is 1. The molecule has 0 spiro atoms. The second-order valence-electron chi connectivity index (χ2n) is 9.18. The van der Waals surface area contributed by atoms with Crippen LogP contribution in [0, 0.1) is 6.92 Å². The Balaban J connectivity index is 1.93. The fourth-order valence-corrected chi connectivity index (χ4v) is 4.65. The standard InChI is InChI=1S/C30H29NO6/c1-17(2)22-16-23(18(3)15-24(22)36-4)27(32)25-26(19-9-7-6-8-10-19)31(29(34)28(25)33)21-13-11-20(12-14-21)30(35)37-5/h6-17,26,32H,1-5H3/b27-25+. The Morgan fingerprint density at radius 1 is 0.973 bits per heavy atom. The molecule has 37 heavy (non-hydrogen) atoms. The molecule has 1 N–H and O–H groups in total. The first kappa shape index (κ1) is 25.7. The molecule has 3 aromatic rings. The van der Waals surface area contributed by atoms with Crippen molar-refractivity contribution in [3.05, 3.63) is 100 Å². The highest BCUT2D eigenvalue weighted by atomic mass is 16.5. The summed E-state index contributed by atoms with van der Waals surface area (Å²) >= 11 is 0. The first-order valence-corrected chi connectivity index (χ1v) is 11.9. The molecule has 1 aliphatic rings. The third-order valence-electron chi connectivity index (χ3n) is 6.58. The van der Waals surface area contributed by atoms with Gasteiger partial charge < -0.3 is 14.6 Å². The van der Waals surface area contributed by atoms with Gasteiger partial charge in [0.2, 0.25) is 0 Å². The number of ether oxygens (including phenoxy) is 2. The number of anilines is 1. The van der Waals surface area contributed by atoms with Gasteiger partial charge in [0.15, 0.2) is 0 Å². The van der Waals surface area contributed by atoms with Crippen molar-refractivity contribution in [1.82, 2.24) is 0 Å². The quantitative estimate of drug-likeness (QED) is 0.207. The molecule has 7 heteroatoms. The molecule has 1 aliphatic heterocycles. The number of aliphatic hydroxyl groups excluding tert-OH is 1. The van der Waals surface area contributed by atoms with Gasteiger partial charge in [-0.3, -0.25) is 14.5 Å². The van der Waals surface area contributed by atoms with Crippen LogP contribution in [0.25, 0.3) is 5.76 Å². The van der Waals surface area contributed by atoms with Crippen molar-refractivity contribution in [3.63, 3.8) is 0 Å². The van der Waals surface area contributed by atoms with Crippen LogP contribution in [0.2, 0.25) is 0 Å². The molecule has 1 heterocycles. The SMILES string of the molecule is COC(=O)c1ccc(N2C(=O)C(=O)/C(=C(/O)c3cc(C(C)C)c(OC)cc3C)C2c2ccccc2)cc1. The topological polar surface area (TPSA) is 93.1 Å². The van der Waals surface area contributed by atoms with E-state index in [1.54, 1.807) is 31.4 Å². The Hall–Kier alpha value is -4.39. The molecule has 4 rings (SSSR count). The maximum atomic E-state index is 13.5. The van der Waals surface area contributed by atoms with Crippen LogP contribution in [-0.4, -0.2) is 37.0 Å². The zero-order chi connectivity index (χ0) is 26.9. The number of amides is 1. The van der Waals surface area contributed by atoms with E-state index >= 15 is 0 Å². The molecule has 1 atom stereocenters. The molecule has 0 radical (unpaired) electrons. The number of hydrogen-bond acceptors (Lipinski definition) is 6. The molecule has 0 bridgehead atoms. The van der Waals surface area contributed by atoms with Gasteiger partial charge >= 0.3 is 5.97 Å². The number of esters is 1. The average molecular weight is 500 g/mol. The highest BCUT2D eigenvalue weighted by molar-refractivity contribution is 6.51. The molecule has 1 saturated heterocycles. The van der Waals surface area contributed by atoms with Crippen molar-refractivity contribution in [1.29, 1.82) is 0 Å². The normalized spacial score (nSPS) is 16.8. The number of benzene rings is 3. The number of rotatable bonds is 6. The number of methoxy groups -OCH3 is 2. The van der Waals surface area contributed by atoms with Crippen molar-refractivity contribution in [2.24, 2.45) is 0 Å². The average Bonchev–Trinajstić information content (AvgIpc) is 3.18. The van der Waals surface area contributed by atoms with Crippen LogP contribution in [0.1, 0.15) is 58.4 Å². The van der Waals surface area contributed by atoms with E-state index in [0.717, 1.165) is 5.56 Å². The maximum absolute atomic E-state index is 13.5. The lowest BCUT2D eigenvalue weighted by atomic mass is 9.91. The van der Waals surface area contributed by atoms with Gasteiger partial charge in [0.05, 0.1) is 31.4 Å². The summed E-state index contributed by atoms with van der Waals surface area (Å²) in [5.41, 5.74) is 3.43. The van der Waals surface area contributed by atoms with Crippen molar-refractivity contribution in [2.45, 2.75) is 32.7 Å². The summed E-state index contributed by atoms with van der Waals surface area (Å²) in [6.45, 7) is 5.84. The number of aliphatic hydroxyl groups is 1. The Morgan fingerprint density at radius 3 is 2.19 bits per heavy atom. The summed E-state index contributed by atoms with van der Waals surface area (Å²) in [5.74, 6) is -1.52. The zero-order valence-electron chi connectivity index (χ0n) is 21.4. The molecule has 1 amide bonds. The minimum atomic E-state index is -0.867. The van der Waals surface area contributed by atoms with Crippen molar-refractivity contribution in [2.75, 3.05) is 19.1 Å². The van der Waals surface area contributed by atoms with Crippen LogP contribution in [0.15, 0.2) is 72.3 Å². The lowest BCUT2D eigenvalue weighted by Gasteiger charge is -2.26. The van der Waals surface area contributed by atoms with Gasteiger partial charge in [0.25, 0.3) is 11.7 Å². The van der Waals surface area contributed by atoms with Crippen LogP contribution in [0.5, 0.6) is 5.75 Å². The zero-order valence-corrected chi connectivity index (χ0v) is 21.4. The number of carbonyl (C=O) groups excluding carboxylic acids is 3. The Morgan fingerprint density at radius 2 is 1.62 bits per heavy atom. The third-order valence-corrected chi connectivity index (χ3v) is 6.58. The lowest BCUT2D eigenvalue weighted by molar-refractivity contribution is -0.132. The van der Waals surface area contributed by atoms with Crippen LogP contribution in [0.4, 0.5) is 5.69 Å². The predicted molar refractivity (Wildman–Crippen MR) is 141 cm³/mol. The predicted octanol–water partition coefficient (Wildman–Crippen LogP) is 5.54. The van der Waals surface area contributed by atoms with Gasteiger partial charge in [-0.05, 0) is 65.9 Å². The number of aryl methyl sites for hydroxylation is 1. The second kappa shape index (κ2) is 10.3. The molecule has 0 saturated carbocycles. The molecular weight excluding hydrogens is 470 g/mol. The summed E-state index contributed by atoms with van der Waals surface area (Å²) < 4.78 is 10.3. The van der Waals surface area contributed by atoms with Crippen LogP contribution in [-0.2, 0) is 14.3 Å². The van der Waals surface area contributed by atoms with Gasteiger partial charge in [0, 0.05) is 11.3 Å². The molecule has 3 aromatic carbocycles. The molecule has 0 aromatic heterocycles. The second-order valence-corrected chi connectivity index (χ2v) is 9.18. The molecule has 7 nitrogen and oxygen atoms in total. The Kier molecular flexibility index (Phi) is 7.16. The number of hydrogen-bond donors (Lipinski definition) is 1.